The first kappa shape index (κ1) is 15.5. The number of nitrogens with zero attached hydrogens (tertiary/aromatic N) is 3. The third-order valence-corrected chi connectivity index (χ3v) is 2.59. The van der Waals surface area contributed by atoms with Crippen molar-refractivity contribution in [1.29, 1.82) is 0 Å². The molecule has 0 aliphatic carbocycles. The van der Waals surface area contributed by atoms with Gasteiger partial charge in [-0.15, -0.1) is 6.42 Å². The van der Waals surface area contributed by atoms with Gasteiger partial charge < -0.3 is 10.2 Å². The van der Waals surface area contributed by atoms with Crippen LogP contribution in [0.3, 0.4) is 0 Å². The van der Waals surface area contributed by atoms with Crippen molar-refractivity contribution in [3.8, 4) is 12.3 Å². The summed E-state index contributed by atoms with van der Waals surface area (Å²) in [4.78, 5) is 10.9. The van der Waals surface area contributed by atoms with Gasteiger partial charge in [0.25, 0.3) is 0 Å². The van der Waals surface area contributed by atoms with Crippen LogP contribution in [-0.4, -0.2) is 28.6 Å². The third-order valence-electron chi connectivity index (χ3n) is 2.59. The summed E-state index contributed by atoms with van der Waals surface area (Å²) in [6.45, 7) is 10.7. The van der Waals surface area contributed by atoms with E-state index in [9.17, 15) is 0 Å². The van der Waals surface area contributed by atoms with Crippen molar-refractivity contribution >= 4 is 5.82 Å². The molecule has 4 heteroatoms. The van der Waals surface area contributed by atoms with Crippen LogP contribution in [0, 0.1) is 12.3 Å². The van der Waals surface area contributed by atoms with Gasteiger partial charge >= 0.3 is 0 Å². The highest BCUT2D eigenvalue weighted by Gasteiger charge is 2.10. The maximum atomic E-state index is 5.37. The fourth-order valence-corrected chi connectivity index (χ4v) is 1.61. The summed E-state index contributed by atoms with van der Waals surface area (Å²) in [7, 11) is 0. The van der Waals surface area contributed by atoms with Crippen molar-refractivity contribution in [3.63, 3.8) is 0 Å². The Morgan fingerprint density at radius 1 is 1.32 bits per heavy atom. The number of hydrogen-bond donors (Lipinski definition) is 1. The summed E-state index contributed by atoms with van der Waals surface area (Å²) in [6, 6.07) is 0. The summed E-state index contributed by atoms with van der Waals surface area (Å²) < 4.78 is 0. The Balaban J connectivity index is 2.67. The number of terminal acetylenes is 1. The summed E-state index contributed by atoms with van der Waals surface area (Å²) in [5.41, 5.74) is 1.02. The summed E-state index contributed by atoms with van der Waals surface area (Å²) in [5, 5.41) is 3.39. The second-order valence-corrected chi connectivity index (χ2v) is 5.60. The van der Waals surface area contributed by atoms with E-state index in [0.29, 0.717) is 6.54 Å². The minimum atomic E-state index is 0.0814. The minimum Gasteiger partial charge on any atom is -0.344 e. The molecule has 0 aromatic carbocycles. The van der Waals surface area contributed by atoms with Crippen LogP contribution in [-0.2, 0) is 6.54 Å². The predicted octanol–water partition coefficient (Wildman–Crippen LogP) is 2.21. The average Bonchev–Trinajstić information content (AvgIpc) is 2.36. The van der Waals surface area contributed by atoms with Gasteiger partial charge in [-0.05, 0) is 27.2 Å². The van der Waals surface area contributed by atoms with Gasteiger partial charge in [0.15, 0.2) is 0 Å². The second-order valence-electron chi connectivity index (χ2n) is 5.60. The lowest BCUT2D eigenvalue weighted by atomic mass is 10.1. The van der Waals surface area contributed by atoms with Crippen LogP contribution < -0.4 is 10.2 Å². The SMILES string of the molecule is C#CCN(CCC)c1cnc(CNC(C)(C)C)cn1. The van der Waals surface area contributed by atoms with Crippen LogP contribution >= 0.6 is 0 Å². The van der Waals surface area contributed by atoms with Crippen molar-refractivity contribution in [2.75, 3.05) is 18.0 Å². The molecule has 0 aliphatic rings. The standard InChI is InChI=1S/C15H24N4/c1-6-8-19(9-7-2)14-12-16-13(10-17-14)11-18-15(3,4)5/h1,10,12,18H,7-9,11H2,2-5H3. The molecule has 1 rings (SSSR count). The molecule has 19 heavy (non-hydrogen) atoms. The molecular formula is C15H24N4. The normalized spacial score (nSPS) is 11.1. The molecule has 0 unspecified atom stereocenters. The van der Waals surface area contributed by atoms with Crippen molar-refractivity contribution < 1.29 is 0 Å². The first-order chi connectivity index (χ1) is 8.96. The molecule has 0 saturated heterocycles. The molecule has 0 radical (unpaired) electrons. The van der Waals surface area contributed by atoms with Crippen LogP contribution in [0.4, 0.5) is 5.82 Å². The lowest BCUT2D eigenvalue weighted by molar-refractivity contribution is 0.421. The highest BCUT2D eigenvalue weighted by molar-refractivity contribution is 5.37. The lowest BCUT2D eigenvalue weighted by Gasteiger charge is -2.21. The van der Waals surface area contributed by atoms with Gasteiger partial charge in [0.1, 0.15) is 5.82 Å². The van der Waals surface area contributed by atoms with E-state index in [2.05, 4.69) is 53.8 Å². The van der Waals surface area contributed by atoms with E-state index in [1.807, 2.05) is 6.20 Å². The van der Waals surface area contributed by atoms with Gasteiger partial charge in [-0.25, -0.2) is 4.98 Å². The van der Waals surface area contributed by atoms with Crippen LogP contribution in [0.1, 0.15) is 39.8 Å². The molecule has 0 atom stereocenters. The molecule has 1 aromatic rings. The molecule has 0 fully saturated rings. The Morgan fingerprint density at radius 2 is 2.05 bits per heavy atom. The topological polar surface area (TPSA) is 41.1 Å². The molecule has 1 heterocycles. The zero-order chi connectivity index (χ0) is 14.3. The fourth-order valence-electron chi connectivity index (χ4n) is 1.61. The molecule has 1 aromatic heterocycles. The summed E-state index contributed by atoms with van der Waals surface area (Å²) in [6.07, 6.45) is 10.0. The zero-order valence-electron chi connectivity index (χ0n) is 12.4. The number of aromatic nitrogens is 2. The molecule has 1 N–H and O–H groups in total. The van der Waals surface area contributed by atoms with Gasteiger partial charge in [-0.3, -0.25) is 4.98 Å². The van der Waals surface area contributed by atoms with E-state index in [1.54, 1.807) is 6.20 Å². The van der Waals surface area contributed by atoms with Gasteiger partial charge in [-0.1, -0.05) is 12.8 Å². The average molecular weight is 260 g/mol. The first-order valence-electron chi connectivity index (χ1n) is 6.70. The molecule has 0 spiro atoms. The highest BCUT2D eigenvalue weighted by Crippen LogP contribution is 2.09. The van der Waals surface area contributed by atoms with E-state index >= 15 is 0 Å². The van der Waals surface area contributed by atoms with E-state index in [1.165, 1.54) is 0 Å². The predicted molar refractivity (Wildman–Crippen MR) is 80.0 cm³/mol. The van der Waals surface area contributed by atoms with Gasteiger partial charge in [0, 0.05) is 18.6 Å². The Kier molecular flexibility index (Phi) is 5.78. The molecule has 104 valence electrons. The van der Waals surface area contributed by atoms with E-state index in [-0.39, 0.29) is 5.54 Å². The summed E-state index contributed by atoms with van der Waals surface area (Å²) in [5.74, 6) is 3.50. The van der Waals surface area contributed by atoms with Crippen molar-refractivity contribution in [2.24, 2.45) is 0 Å². The second kappa shape index (κ2) is 7.10. The van der Waals surface area contributed by atoms with Crippen LogP contribution in [0.15, 0.2) is 12.4 Å². The number of hydrogen-bond acceptors (Lipinski definition) is 4. The fraction of sp³-hybridized carbons (Fsp3) is 0.600. The van der Waals surface area contributed by atoms with Crippen LogP contribution in [0.2, 0.25) is 0 Å². The zero-order valence-corrected chi connectivity index (χ0v) is 12.4. The van der Waals surface area contributed by atoms with Crippen molar-refractivity contribution in [2.45, 2.75) is 46.2 Å². The van der Waals surface area contributed by atoms with E-state index in [0.717, 1.165) is 31.0 Å². The molecular weight excluding hydrogens is 236 g/mol. The molecule has 0 saturated carbocycles. The van der Waals surface area contributed by atoms with Gasteiger partial charge in [0.05, 0.1) is 24.6 Å². The Hall–Kier alpha value is -1.60. The Morgan fingerprint density at radius 3 is 2.53 bits per heavy atom. The highest BCUT2D eigenvalue weighted by atomic mass is 15.2. The molecule has 0 aliphatic heterocycles. The lowest BCUT2D eigenvalue weighted by Crippen LogP contribution is -2.35. The molecule has 0 bridgehead atoms. The van der Waals surface area contributed by atoms with Gasteiger partial charge in [-0.2, -0.15) is 0 Å². The van der Waals surface area contributed by atoms with Crippen LogP contribution in [0.5, 0.6) is 0 Å². The Bertz CT molecular complexity index is 411. The number of rotatable bonds is 6. The number of nitrogens with one attached hydrogen (secondary N) is 1. The van der Waals surface area contributed by atoms with E-state index in [4.69, 9.17) is 6.42 Å². The molecule has 0 amide bonds. The first-order valence-corrected chi connectivity index (χ1v) is 6.70. The maximum absolute atomic E-state index is 5.37. The van der Waals surface area contributed by atoms with Crippen molar-refractivity contribution in [1.82, 2.24) is 15.3 Å². The quantitative estimate of drug-likeness (QED) is 0.796. The minimum absolute atomic E-state index is 0.0814. The molecule has 4 nitrogen and oxygen atoms in total. The van der Waals surface area contributed by atoms with Crippen LogP contribution in [0.25, 0.3) is 0 Å². The Labute approximate surface area is 116 Å². The largest absolute Gasteiger partial charge is 0.344 e. The van der Waals surface area contributed by atoms with Gasteiger partial charge in [0.2, 0.25) is 0 Å². The number of anilines is 1. The smallest absolute Gasteiger partial charge is 0.147 e. The third kappa shape index (κ3) is 5.71. The maximum Gasteiger partial charge on any atom is 0.147 e. The van der Waals surface area contributed by atoms with Crippen molar-refractivity contribution in [3.05, 3.63) is 18.1 Å². The monoisotopic (exact) mass is 260 g/mol. The summed E-state index contributed by atoms with van der Waals surface area (Å²) >= 11 is 0. The van der Waals surface area contributed by atoms with E-state index < -0.39 is 0 Å².